The molecule has 1 heterocycles. The molecule has 2 saturated carbocycles. The standard InChI is InChI=1S/C24H33N5O2S/c1-15(21(30)26-22(31)25-18-13-14-18)32-23-28-27-20(29(23)19-7-5-6-8-19)16-9-11-17(12-10-16)24(2,3)4/h9-12,15,18-19H,5-8,13-14H2,1-4H3,(H2,25,26,30,31). The zero-order valence-electron chi connectivity index (χ0n) is 19.4. The number of rotatable bonds is 6. The average molecular weight is 456 g/mol. The lowest BCUT2D eigenvalue weighted by atomic mass is 9.86. The van der Waals surface area contributed by atoms with E-state index in [9.17, 15) is 9.59 Å². The summed E-state index contributed by atoms with van der Waals surface area (Å²) in [5.41, 5.74) is 2.40. The topological polar surface area (TPSA) is 88.9 Å². The van der Waals surface area contributed by atoms with Crippen molar-refractivity contribution in [3.8, 4) is 11.4 Å². The van der Waals surface area contributed by atoms with Crippen LogP contribution in [0, 0.1) is 0 Å². The second-order valence-electron chi connectivity index (χ2n) is 9.94. The third-order valence-corrected chi connectivity index (χ3v) is 7.22. The summed E-state index contributed by atoms with van der Waals surface area (Å²) in [6, 6.07) is 8.67. The van der Waals surface area contributed by atoms with Gasteiger partial charge in [-0.15, -0.1) is 10.2 Å². The van der Waals surface area contributed by atoms with E-state index in [1.165, 1.54) is 30.2 Å². The van der Waals surface area contributed by atoms with Crippen molar-refractivity contribution in [1.29, 1.82) is 0 Å². The third-order valence-electron chi connectivity index (χ3n) is 6.16. The number of hydrogen-bond donors (Lipinski definition) is 2. The molecular weight excluding hydrogens is 422 g/mol. The first-order chi connectivity index (χ1) is 15.2. The molecular formula is C24H33N5O2S. The number of amides is 3. The van der Waals surface area contributed by atoms with E-state index in [4.69, 9.17) is 0 Å². The minimum atomic E-state index is -0.458. The van der Waals surface area contributed by atoms with Crippen LogP contribution in [0.15, 0.2) is 29.4 Å². The molecule has 8 heteroatoms. The van der Waals surface area contributed by atoms with Crippen molar-refractivity contribution in [1.82, 2.24) is 25.4 Å². The Morgan fingerprint density at radius 3 is 2.31 bits per heavy atom. The van der Waals surface area contributed by atoms with Gasteiger partial charge in [-0.3, -0.25) is 14.7 Å². The van der Waals surface area contributed by atoms with Crippen LogP contribution in [0.1, 0.15) is 77.8 Å². The molecule has 7 nitrogen and oxygen atoms in total. The molecule has 2 fully saturated rings. The molecule has 1 unspecified atom stereocenters. The molecule has 0 bridgehead atoms. The van der Waals surface area contributed by atoms with Gasteiger partial charge >= 0.3 is 6.03 Å². The number of urea groups is 1. The van der Waals surface area contributed by atoms with Crippen LogP contribution in [0.25, 0.3) is 11.4 Å². The Morgan fingerprint density at radius 2 is 1.72 bits per heavy atom. The lowest BCUT2D eigenvalue weighted by Gasteiger charge is -2.20. The summed E-state index contributed by atoms with van der Waals surface area (Å²) < 4.78 is 2.21. The van der Waals surface area contributed by atoms with Gasteiger partial charge in [0.05, 0.1) is 5.25 Å². The molecule has 1 atom stereocenters. The summed E-state index contributed by atoms with van der Waals surface area (Å²) in [6.45, 7) is 8.41. The molecule has 3 amide bonds. The van der Waals surface area contributed by atoms with Crippen LogP contribution in [0.2, 0.25) is 0 Å². The SMILES string of the molecule is CC(Sc1nnc(-c2ccc(C(C)(C)C)cc2)n1C1CCCC1)C(=O)NC(=O)NC1CC1. The normalized spacial score (nSPS) is 17.9. The van der Waals surface area contributed by atoms with E-state index in [-0.39, 0.29) is 17.4 Å². The second kappa shape index (κ2) is 9.25. The predicted octanol–water partition coefficient (Wildman–Crippen LogP) is 4.83. The summed E-state index contributed by atoms with van der Waals surface area (Å²) in [7, 11) is 0. The molecule has 0 aliphatic heterocycles. The fourth-order valence-electron chi connectivity index (χ4n) is 4.04. The second-order valence-corrected chi connectivity index (χ2v) is 11.2. The lowest BCUT2D eigenvalue weighted by molar-refractivity contribution is -0.119. The Hall–Kier alpha value is -2.35. The molecule has 2 aliphatic rings. The number of thioether (sulfide) groups is 1. The van der Waals surface area contributed by atoms with Gasteiger partial charge in [-0.05, 0) is 43.6 Å². The number of aromatic nitrogens is 3. The maximum Gasteiger partial charge on any atom is 0.321 e. The molecule has 0 spiro atoms. The molecule has 1 aromatic carbocycles. The van der Waals surface area contributed by atoms with E-state index in [1.54, 1.807) is 6.92 Å². The molecule has 0 radical (unpaired) electrons. The Kier molecular flexibility index (Phi) is 6.60. The Labute approximate surface area is 194 Å². The van der Waals surface area contributed by atoms with E-state index in [0.717, 1.165) is 42.2 Å². The average Bonchev–Trinajstić information content (AvgIpc) is 3.22. The van der Waals surface area contributed by atoms with Crippen molar-refractivity contribution in [2.45, 2.75) is 94.1 Å². The van der Waals surface area contributed by atoms with Gasteiger partial charge in [0.25, 0.3) is 0 Å². The minimum absolute atomic E-state index is 0.0905. The van der Waals surface area contributed by atoms with Crippen LogP contribution < -0.4 is 10.6 Å². The lowest BCUT2D eigenvalue weighted by Crippen LogP contribution is -2.43. The summed E-state index contributed by atoms with van der Waals surface area (Å²) in [5, 5.41) is 14.5. The quantitative estimate of drug-likeness (QED) is 0.609. The van der Waals surface area contributed by atoms with Crippen molar-refractivity contribution in [3.05, 3.63) is 29.8 Å². The number of carbonyl (C=O) groups is 2. The van der Waals surface area contributed by atoms with Crippen LogP contribution in [0.3, 0.4) is 0 Å². The van der Waals surface area contributed by atoms with Crippen LogP contribution in [-0.2, 0) is 10.2 Å². The third kappa shape index (κ3) is 5.34. The van der Waals surface area contributed by atoms with E-state index < -0.39 is 11.3 Å². The van der Waals surface area contributed by atoms with Crippen molar-refractivity contribution < 1.29 is 9.59 Å². The van der Waals surface area contributed by atoms with Crippen LogP contribution in [-0.4, -0.2) is 38.0 Å². The van der Waals surface area contributed by atoms with Gasteiger partial charge in [-0.25, -0.2) is 4.79 Å². The molecule has 2 aliphatic carbocycles. The maximum absolute atomic E-state index is 12.6. The smallest absolute Gasteiger partial charge is 0.321 e. The first-order valence-corrected chi connectivity index (χ1v) is 12.4. The molecule has 2 aromatic rings. The van der Waals surface area contributed by atoms with Crippen molar-refractivity contribution in [2.24, 2.45) is 0 Å². The number of carbonyl (C=O) groups excluding carboxylic acids is 2. The Balaban J connectivity index is 1.54. The zero-order chi connectivity index (χ0) is 22.9. The van der Waals surface area contributed by atoms with E-state index >= 15 is 0 Å². The predicted molar refractivity (Wildman–Crippen MR) is 127 cm³/mol. The van der Waals surface area contributed by atoms with Crippen molar-refractivity contribution >= 4 is 23.7 Å². The van der Waals surface area contributed by atoms with Gasteiger partial charge in [-0.2, -0.15) is 0 Å². The summed E-state index contributed by atoms with van der Waals surface area (Å²) >= 11 is 1.36. The van der Waals surface area contributed by atoms with Gasteiger partial charge in [0.2, 0.25) is 5.91 Å². The maximum atomic E-state index is 12.6. The fraction of sp³-hybridized carbons (Fsp3) is 0.583. The summed E-state index contributed by atoms with van der Waals surface area (Å²) in [6.07, 6.45) is 6.51. The molecule has 1 aromatic heterocycles. The van der Waals surface area contributed by atoms with E-state index in [1.807, 2.05) is 0 Å². The fourth-order valence-corrected chi connectivity index (χ4v) is 4.96. The zero-order valence-corrected chi connectivity index (χ0v) is 20.2. The molecule has 32 heavy (non-hydrogen) atoms. The number of nitrogens with zero attached hydrogens (tertiary/aromatic N) is 3. The van der Waals surface area contributed by atoms with Crippen LogP contribution in [0.5, 0.6) is 0 Å². The monoisotopic (exact) mass is 455 g/mol. The van der Waals surface area contributed by atoms with Crippen LogP contribution in [0.4, 0.5) is 4.79 Å². The Bertz CT molecular complexity index is 969. The summed E-state index contributed by atoms with van der Waals surface area (Å²) in [4.78, 5) is 24.5. The van der Waals surface area contributed by atoms with Crippen molar-refractivity contribution in [3.63, 3.8) is 0 Å². The Morgan fingerprint density at radius 1 is 1.06 bits per heavy atom. The first kappa shape index (κ1) is 22.8. The number of hydrogen-bond acceptors (Lipinski definition) is 5. The minimum Gasteiger partial charge on any atom is -0.335 e. The van der Waals surface area contributed by atoms with E-state index in [2.05, 4.69) is 70.4 Å². The molecule has 2 N–H and O–H groups in total. The van der Waals surface area contributed by atoms with E-state index in [0.29, 0.717) is 6.04 Å². The van der Waals surface area contributed by atoms with Gasteiger partial charge < -0.3 is 5.32 Å². The number of imide groups is 1. The highest BCUT2D eigenvalue weighted by molar-refractivity contribution is 8.00. The van der Waals surface area contributed by atoms with Gasteiger partial charge in [-0.1, -0.05) is 69.6 Å². The highest BCUT2D eigenvalue weighted by Gasteiger charge is 2.29. The van der Waals surface area contributed by atoms with Crippen LogP contribution >= 0.6 is 11.8 Å². The molecule has 172 valence electrons. The van der Waals surface area contributed by atoms with Crippen molar-refractivity contribution in [2.75, 3.05) is 0 Å². The molecule has 0 saturated heterocycles. The molecule has 4 rings (SSSR count). The number of benzene rings is 1. The highest BCUT2D eigenvalue weighted by atomic mass is 32.2. The van der Waals surface area contributed by atoms with Gasteiger partial charge in [0, 0.05) is 17.6 Å². The number of nitrogens with one attached hydrogen (secondary N) is 2. The largest absolute Gasteiger partial charge is 0.335 e. The van der Waals surface area contributed by atoms with Gasteiger partial charge in [0.15, 0.2) is 11.0 Å². The van der Waals surface area contributed by atoms with Gasteiger partial charge in [0.1, 0.15) is 0 Å². The summed E-state index contributed by atoms with van der Waals surface area (Å²) in [5.74, 6) is 0.532. The highest BCUT2D eigenvalue weighted by Crippen LogP contribution is 2.38. The first-order valence-electron chi connectivity index (χ1n) is 11.6.